The van der Waals surface area contributed by atoms with E-state index < -0.39 is 21.8 Å². The molecule has 8 aromatic carbocycles. The number of rotatable bonds is 23. The molecule has 0 atom stereocenters. The van der Waals surface area contributed by atoms with Crippen molar-refractivity contribution in [2.45, 2.75) is 88.0 Å². The summed E-state index contributed by atoms with van der Waals surface area (Å²) in [4.78, 5) is 112. The molecule has 8 rings (SSSR count). The number of nitrogens with one attached hydrogen (secondary N) is 8. The van der Waals surface area contributed by atoms with Crippen molar-refractivity contribution < 1.29 is 61.2 Å². The fourth-order valence-electron chi connectivity index (χ4n) is 9.85. The van der Waals surface area contributed by atoms with Gasteiger partial charge in [0.1, 0.15) is 5.69 Å². The van der Waals surface area contributed by atoms with Crippen LogP contribution >= 0.6 is 0 Å². The van der Waals surface area contributed by atoms with Crippen molar-refractivity contribution in [3.63, 3.8) is 0 Å². The van der Waals surface area contributed by atoms with Crippen LogP contribution in [0.5, 0.6) is 0 Å². The highest BCUT2D eigenvalue weighted by molar-refractivity contribution is 7.85. The summed E-state index contributed by atoms with van der Waals surface area (Å²) in [6, 6.07) is 53.8. The van der Waals surface area contributed by atoms with Crippen LogP contribution in [0.1, 0.15) is 150 Å². The van der Waals surface area contributed by atoms with Gasteiger partial charge < -0.3 is 57.1 Å². The highest BCUT2D eigenvalue weighted by atomic mass is 32.2. The molecule has 0 radical (unpaired) electrons. The first-order chi connectivity index (χ1) is 48.1. The Hall–Kier alpha value is -11.3. The highest BCUT2D eigenvalue weighted by Gasteiger charge is 2.22. The lowest BCUT2D eigenvalue weighted by Crippen LogP contribution is -2.41. The van der Waals surface area contributed by atoms with Crippen LogP contribution in [0, 0.1) is 16.2 Å². The van der Waals surface area contributed by atoms with Gasteiger partial charge in [0.2, 0.25) is 17.7 Å². The van der Waals surface area contributed by atoms with Gasteiger partial charge in [-0.05, 0) is 198 Å². The quantitative estimate of drug-likeness (QED) is 0.0212. The summed E-state index contributed by atoms with van der Waals surface area (Å²) in [5, 5.41) is 31.4. The van der Waals surface area contributed by atoms with Crippen LogP contribution in [-0.4, -0.2) is 112 Å². The SMILES string of the molecule is CC(C)(C)CC(=O)Nc1ccc(C(=O)Nc2ccc(C(=O)Nc3ccc([N+](C)(C)CCCS(=O)(=O)[O-])cc3)cc2)cc1.CC(C)(C)CC(=O)Nc1ccc(C(=O)Nc2ccc(C(=O)O)cc2)cc1.CN(C)c1ccc(NC(=O)c2ccc(NC(=O)c3ccc(NC(=O)CC(C)(C)C)cc3)cc2)cc1. The van der Waals surface area contributed by atoms with Crippen LogP contribution in [0.3, 0.4) is 0 Å². The Bertz CT molecular complexity index is 4370. The second-order valence-corrected chi connectivity index (χ2v) is 30.4. The van der Waals surface area contributed by atoms with Gasteiger partial charge in [0.15, 0.2) is 0 Å². The van der Waals surface area contributed by atoms with Crippen LogP contribution in [0.2, 0.25) is 0 Å². The van der Waals surface area contributed by atoms with Gasteiger partial charge in [-0.1, -0.05) is 62.3 Å². The van der Waals surface area contributed by atoms with E-state index in [0.29, 0.717) is 104 Å². The molecule has 0 aromatic heterocycles. The molecule has 8 amide bonds. The largest absolute Gasteiger partial charge is 0.748 e. The normalized spacial score (nSPS) is 11.3. The number of hydrogen-bond donors (Lipinski definition) is 9. The zero-order chi connectivity index (χ0) is 76.0. The highest BCUT2D eigenvalue weighted by Crippen LogP contribution is 2.27. The fraction of sp³-hybridized carbons (Fsp3) is 0.278. The lowest BCUT2D eigenvalue weighted by molar-refractivity contribution is -0.118. The lowest BCUT2D eigenvalue weighted by Gasteiger charge is -2.29. The van der Waals surface area contributed by atoms with Gasteiger partial charge >= 0.3 is 5.97 Å². The van der Waals surface area contributed by atoms with E-state index in [4.69, 9.17) is 5.11 Å². The van der Waals surface area contributed by atoms with E-state index in [0.717, 1.165) is 11.4 Å². The summed E-state index contributed by atoms with van der Waals surface area (Å²) in [5.41, 5.74) is 8.74. The third-order valence-electron chi connectivity index (χ3n) is 15.1. The standard InChI is InChI=1S/C31H38N4O6S.C28H32N4O3.C20H22N2O4/c1-31(2,3)21-28(36)32-24-11-7-22(8-12-24)29(37)33-25-13-9-23(10-14-25)30(38)34-26-15-17-27(18-16-26)35(4,5)19-6-20-42(39,40)41;1-28(2,3)18-25(33)29-21-10-6-19(7-11-21)26(34)30-22-12-8-20(9-13-22)27(35)31-23-14-16-24(17-15-23)32(4)5;1-20(2,3)12-17(23)21-15-8-4-13(5-9-15)18(24)22-16-10-6-14(7-11-16)19(25)26/h7-18H,6,19-21H2,1-5H3,(H3-,32,33,34,36,37,38,39,40,41);6-17H,18H2,1-5H3,(H,29,33)(H,30,34)(H,31,35);4-11H,12H2,1-3H3,(H,21,23)(H,22,24)(H,25,26). The maximum absolute atomic E-state index is 12.8. The van der Waals surface area contributed by atoms with E-state index in [2.05, 4.69) is 42.5 Å². The minimum atomic E-state index is -4.25. The van der Waals surface area contributed by atoms with E-state index in [1.165, 1.54) is 24.3 Å². The topological polar surface area (TPSA) is 331 Å². The number of carbonyl (C=O) groups is 9. The van der Waals surface area contributed by atoms with Crippen molar-refractivity contribution in [1.82, 2.24) is 4.48 Å². The average Bonchev–Trinajstić information content (AvgIpc) is 0.843. The van der Waals surface area contributed by atoms with Crippen LogP contribution in [-0.2, 0) is 24.5 Å². The second-order valence-electron chi connectivity index (χ2n) is 28.9. The number of carboxylic acids is 1. The van der Waals surface area contributed by atoms with Crippen LogP contribution in [0.4, 0.5) is 56.9 Å². The maximum Gasteiger partial charge on any atom is 0.335 e. The van der Waals surface area contributed by atoms with E-state index >= 15 is 0 Å². The van der Waals surface area contributed by atoms with Crippen molar-refractivity contribution in [3.8, 4) is 0 Å². The summed E-state index contributed by atoms with van der Waals surface area (Å²) in [5.74, 6) is -3.13. The molecule has 9 N–H and O–H groups in total. The Balaban J connectivity index is 0.000000249. The fourth-order valence-corrected chi connectivity index (χ4v) is 10.3. The second kappa shape index (κ2) is 35.8. The number of hydrogen-bond acceptors (Lipinski definition) is 13. The molecule has 0 aliphatic rings. The number of aromatic carboxylic acids is 1. The van der Waals surface area contributed by atoms with Crippen molar-refractivity contribution in [2.75, 3.05) is 87.9 Å². The molecule has 8 aromatic rings. The number of nitrogens with zero attached hydrogens (tertiary/aromatic N) is 2. The summed E-state index contributed by atoms with van der Waals surface area (Å²) >= 11 is 0. The lowest BCUT2D eigenvalue weighted by atomic mass is 9.92. The van der Waals surface area contributed by atoms with Crippen molar-refractivity contribution in [1.29, 1.82) is 0 Å². The van der Waals surface area contributed by atoms with Crippen LogP contribution < -0.4 is 51.9 Å². The number of anilines is 9. The predicted octanol–water partition coefficient (Wildman–Crippen LogP) is 14.7. The predicted molar refractivity (Wildman–Crippen MR) is 408 cm³/mol. The molecule has 542 valence electrons. The first-order valence-electron chi connectivity index (χ1n) is 33.1. The van der Waals surface area contributed by atoms with Gasteiger partial charge in [0.05, 0.1) is 36.3 Å². The van der Waals surface area contributed by atoms with E-state index in [1.54, 1.807) is 133 Å². The van der Waals surface area contributed by atoms with E-state index in [-0.39, 0.29) is 75.5 Å². The van der Waals surface area contributed by atoms with E-state index in [9.17, 15) is 56.1 Å². The molecule has 103 heavy (non-hydrogen) atoms. The Labute approximate surface area is 602 Å². The summed E-state index contributed by atoms with van der Waals surface area (Å²) in [7, 11) is 3.49. The third-order valence-corrected chi connectivity index (χ3v) is 15.9. The van der Waals surface area contributed by atoms with Gasteiger partial charge in [0, 0.05) is 137 Å². The van der Waals surface area contributed by atoms with Crippen LogP contribution in [0.15, 0.2) is 194 Å². The van der Waals surface area contributed by atoms with E-state index in [1.807, 2.05) is 132 Å². The van der Waals surface area contributed by atoms with Crippen molar-refractivity contribution >= 4 is 120 Å². The molecule has 0 fully saturated rings. The molecule has 0 aliphatic carbocycles. The first-order valence-corrected chi connectivity index (χ1v) is 34.7. The molecule has 0 saturated carbocycles. The number of amides is 8. The van der Waals surface area contributed by atoms with Gasteiger partial charge in [-0.25, -0.2) is 13.2 Å². The maximum atomic E-state index is 12.8. The van der Waals surface area contributed by atoms with Gasteiger partial charge in [0.25, 0.3) is 29.5 Å². The molecular formula is C79H92N10O13S. The Morgan fingerprint density at radius 1 is 0.359 bits per heavy atom. The molecule has 0 saturated heterocycles. The number of quaternary nitrogens is 1. The number of benzene rings is 8. The molecular weight excluding hydrogens is 1330 g/mol. The zero-order valence-corrected chi connectivity index (χ0v) is 61.2. The monoisotopic (exact) mass is 1420 g/mol. The average molecular weight is 1420 g/mol. The van der Waals surface area contributed by atoms with Gasteiger partial charge in [-0.3, -0.25) is 42.8 Å². The Morgan fingerprint density at radius 2 is 0.573 bits per heavy atom. The zero-order valence-electron chi connectivity index (χ0n) is 60.4. The molecule has 0 bridgehead atoms. The summed E-state index contributed by atoms with van der Waals surface area (Å²) in [6.07, 6.45) is 1.45. The molecule has 0 aliphatic heterocycles. The number of carbonyl (C=O) groups excluding carboxylic acids is 8. The van der Waals surface area contributed by atoms with Crippen molar-refractivity contribution in [2.24, 2.45) is 16.2 Å². The Morgan fingerprint density at radius 3 is 0.786 bits per heavy atom. The van der Waals surface area contributed by atoms with Crippen molar-refractivity contribution in [3.05, 3.63) is 228 Å². The molecule has 24 heteroatoms. The van der Waals surface area contributed by atoms with Gasteiger partial charge in [-0.15, -0.1) is 0 Å². The first kappa shape index (κ1) is 80.6. The minimum absolute atomic E-state index is 0.0654. The Kier molecular flexibility index (Phi) is 28.0. The summed E-state index contributed by atoms with van der Waals surface area (Å²) < 4.78 is 33.0. The molecule has 23 nitrogen and oxygen atoms in total. The summed E-state index contributed by atoms with van der Waals surface area (Å²) in [6.45, 7) is 18.4. The van der Waals surface area contributed by atoms with Gasteiger partial charge in [-0.2, -0.15) is 0 Å². The smallest absolute Gasteiger partial charge is 0.335 e. The molecule has 0 spiro atoms. The molecule has 0 heterocycles. The van der Waals surface area contributed by atoms with Crippen LogP contribution in [0.25, 0.3) is 0 Å². The third kappa shape index (κ3) is 28.7. The number of carboxylic acid groups (broad SMARTS) is 1. The minimum Gasteiger partial charge on any atom is -0.748 e. The molecule has 0 unspecified atom stereocenters.